The molecular weight excluding hydrogens is 320 g/mol. The summed E-state index contributed by atoms with van der Waals surface area (Å²) in [4.78, 5) is 11.7. The molecule has 0 aliphatic carbocycles. The summed E-state index contributed by atoms with van der Waals surface area (Å²) in [6.07, 6.45) is 0.774. The Hall–Kier alpha value is -1.82. The lowest BCUT2D eigenvalue weighted by Gasteiger charge is -2.07. The maximum atomic E-state index is 11.7. The zero-order valence-electron chi connectivity index (χ0n) is 11.5. The van der Waals surface area contributed by atoms with Crippen LogP contribution in [0.3, 0.4) is 0 Å². The maximum Gasteiger partial charge on any atom is 0.320 e. The van der Waals surface area contributed by atoms with E-state index in [2.05, 4.69) is 31.7 Å². The van der Waals surface area contributed by atoms with Gasteiger partial charge < -0.3 is 5.32 Å². The molecule has 0 bridgehead atoms. The van der Waals surface area contributed by atoms with Crippen molar-refractivity contribution >= 4 is 27.8 Å². The van der Waals surface area contributed by atoms with Crippen LogP contribution < -0.4 is 10.6 Å². The van der Waals surface area contributed by atoms with Crippen molar-refractivity contribution in [3.63, 3.8) is 0 Å². The number of aryl methyl sites for hydroxylation is 2. The second kappa shape index (κ2) is 6.56. The largest absolute Gasteiger partial charge is 0.337 e. The maximum absolute atomic E-state index is 11.7. The van der Waals surface area contributed by atoms with Crippen molar-refractivity contribution in [2.45, 2.75) is 13.3 Å². The summed E-state index contributed by atoms with van der Waals surface area (Å²) in [6, 6.07) is 9.56. The quantitative estimate of drug-likeness (QED) is 0.901. The summed E-state index contributed by atoms with van der Waals surface area (Å²) >= 11 is 3.49. The SMILES string of the molecule is Cc1cc(NC(=O)NCCc2ccccc2Br)nn1C. The first kappa shape index (κ1) is 14.6. The number of anilines is 1. The molecule has 106 valence electrons. The minimum absolute atomic E-state index is 0.241. The van der Waals surface area contributed by atoms with E-state index in [0.29, 0.717) is 12.4 Å². The van der Waals surface area contributed by atoms with Gasteiger partial charge in [-0.05, 0) is 25.0 Å². The summed E-state index contributed by atoms with van der Waals surface area (Å²) < 4.78 is 2.78. The highest BCUT2D eigenvalue weighted by Gasteiger charge is 2.06. The van der Waals surface area contributed by atoms with E-state index < -0.39 is 0 Å². The molecule has 0 unspecified atom stereocenters. The molecule has 0 aliphatic rings. The van der Waals surface area contributed by atoms with E-state index in [1.165, 1.54) is 5.56 Å². The van der Waals surface area contributed by atoms with Crippen molar-refractivity contribution in [2.75, 3.05) is 11.9 Å². The summed E-state index contributed by atoms with van der Waals surface area (Å²) in [5.74, 6) is 0.559. The van der Waals surface area contributed by atoms with Crippen LogP contribution in [0.15, 0.2) is 34.8 Å². The van der Waals surface area contributed by atoms with Gasteiger partial charge in [0.2, 0.25) is 0 Å². The summed E-state index contributed by atoms with van der Waals surface area (Å²) in [6.45, 7) is 2.50. The predicted octanol–water partition coefficient (Wildman–Crippen LogP) is 2.86. The van der Waals surface area contributed by atoms with E-state index in [0.717, 1.165) is 16.6 Å². The van der Waals surface area contributed by atoms with Crippen LogP contribution in [0, 0.1) is 6.92 Å². The van der Waals surface area contributed by atoms with E-state index in [4.69, 9.17) is 0 Å². The van der Waals surface area contributed by atoms with Crippen LogP contribution >= 0.6 is 15.9 Å². The first-order valence-corrected chi connectivity index (χ1v) is 7.14. The lowest BCUT2D eigenvalue weighted by atomic mass is 10.1. The molecule has 2 aromatic rings. The van der Waals surface area contributed by atoms with Gasteiger partial charge in [0.15, 0.2) is 5.82 Å². The van der Waals surface area contributed by atoms with Crippen LogP contribution in [0.4, 0.5) is 10.6 Å². The van der Waals surface area contributed by atoms with Crippen molar-refractivity contribution in [3.05, 3.63) is 46.1 Å². The molecule has 0 saturated carbocycles. The number of amides is 2. The molecule has 1 aromatic heterocycles. The molecule has 0 atom stereocenters. The van der Waals surface area contributed by atoms with E-state index in [1.807, 2.05) is 44.3 Å². The molecule has 0 radical (unpaired) electrons. The highest BCUT2D eigenvalue weighted by molar-refractivity contribution is 9.10. The molecule has 0 fully saturated rings. The smallest absolute Gasteiger partial charge is 0.320 e. The monoisotopic (exact) mass is 336 g/mol. The van der Waals surface area contributed by atoms with E-state index >= 15 is 0 Å². The molecule has 2 rings (SSSR count). The van der Waals surface area contributed by atoms with E-state index in [-0.39, 0.29) is 6.03 Å². The van der Waals surface area contributed by atoms with Gasteiger partial charge in [-0.3, -0.25) is 10.00 Å². The Labute approximate surface area is 126 Å². The summed E-state index contributed by atoms with van der Waals surface area (Å²) in [5, 5.41) is 9.69. The predicted molar refractivity (Wildman–Crippen MR) is 82.8 cm³/mol. The van der Waals surface area contributed by atoms with Gasteiger partial charge in [-0.2, -0.15) is 5.10 Å². The number of benzene rings is 1. The van der Waals surface area contributed by atoms with Crippen LogP contribution in [-0.4, -0.2) is 22.4 Å². The minimum Gasteiger partial charge on any atom is -0.337 e. The van der Waals surface area contributed by atoms with Gasteiger partial charge in [-0.1, -0.05) is 34.1 Å². The molecule has 2 amide bonds. The number of aromatic nitrogens is 2. The van der Waals surface area contributed by atoms with Crippen molar-refractivity contribution in [1.82, 2.24) is 15.1 Å². The number of hydrogen-bond donors (Lipinski definition) is 2. The van der Waals surface area contributed by atoms with Gasteiger partial charge in [-0.25, -0.2) is 4.79 Å². The Kier molecular flexibility index (Phi) is 4.79. The lowest BCUT2D eigenvalue weighted by Crippen LogP contribution is -2.30. The van der Waals surface area contributed by atoms with Crippen LogP contribution in [0.2, 0.25) is 0 Å². The third-order valence-electron chi connectivity index (χ3n) is 2.99. The van der Waals surface area contributed by atoms with Crippen molar-refractivity contribution in [1.29, 1.82) is 0 Å². The van der Waals surface area contributed by atoms with E-state index in [1.54, 1.807) is 4.68 Å². The molecular formula is C14H17BrN4O. The first-order valence-electron chi connectivity index (χ1n) is 6.35. The topological polar surface area (TPSA) is 59.0 Å². The van der Waals surface area contributed by atoms with Gasteiger partial charge in [0.05, 0.1) is 0 Å². The number of hydrogen-bond acceptors (Lipinski definition) is 2. The summed E-state index contributed by atoms with van der Waals surface area (Å²) in [7, 11) is 1.84. The summed E-state index contributed by atoms with van der Waals surface area (Å²) in [5.41, 5.74) is 2.16. The first-order chi connectivity index (χ1) is 9.56. The number of carbonyl (C=O) groups excluding carboxylic acids is 1. The Bertz CT molecular complexity index is 589. The number of rotatable bonds is 4. The van der Waals surface area contributed by atoms with Crippen molar-refractivity contribution in [2.24, 2.45) is 7.05 Å². The number of nitrogens with one attached hydrogen (secondary N) is 2. The van der Waals surface area contributed by atoms with Crippen LogP contribution in [-0.2, 0) is 13.5 Å². The third kappa shape index (κ3) is 3.84. The third-order valence-corrected chi connectivity index (χ3v) is 3.77. The average Bonchev–Trinajstić information content (AvgIpc) is 2.70. The molecule has 20 heavy (non-hydrogen) atoms. The Balaban J connectivity index is 1.80. The highest BCUT2D eigenvalue weighted by atomic mass is 79.9. The molecule has 6 heteroatoms. The second-order valence-electron chi connectivity index (χ2n) is 4.52. The van der Waals surface area contributed by atoms with Crippen LogP contribution in [0.5, 0.6) is 0 Å². The van der Waals surface area contributed by atoms with Crippen LogP contribution in [0.1, 0.15) is 11.3 Å². The molecule has 5 nitrogen and oxygen atoms in total. The number of nitrogens with zero attached hydrogens (tertiary/aromatic N) is 2. The minimum atomic E-state index is -0.241. The normalized spacial score (nSPS) is 10.3. The number of halogens is 1. The Morgan fingerprint density at radius 3 is 2.80 bits per heavy atom. The molecule has 0 saturated heterocycles. The second-order valence-corrected chi connectivity index (χ2v) is 5.37. The standard InChI is InChI=1S/C14H17BrN4O/c1-10-9-13(18-19(10)2)17-14(20)16-8-7-11-5-3-4-6-12(11)15/h3-6,9H,7-8H2,1-2H3,(H2,16,17,18,20). The number of carbonyl (C=O) groups is 1. The lowest BCUT2D eigenvalue weighted by molar-refractivity contribution is 0.252. The van der Waals surface area contributed by atoms with Gasteiger partial charge in [0.1, 0.15) is 0 Å². The Morgan fingerprint density at radius 1 is 1.40 bits per heavy atom. The molecule has 1 aromatic carbocycles. The molecule has 0 aliphatic heterocycles. The zero-order valence-corrected chi connectivity index (χ0v) is 13.1. The highest BCUT2D eigenvalue weighted by Crippen LogP contribution is 2.15. The molecule has 2 N–H and O–H groups in total. The van der Waals surface area contributed by atoms with Crippen molar-refractivity contribution < 1.29 is 4.79 Å². The Morgan fingerprint density at radius 2 is 2.15 bits per heavy atom. The fourth-order valence-corrected chi connectivity index (χ4v) is 2.28. The van der Waals surface area contributed by atoms with Crippen molar-refractivity contribution in [3.8, 4) is 0 Å². The molecule has 0 spiro atoms. The van der Waals surface area contributed by atoms with Crippen LogP contribution in [0.25, 0.3) is 0 Å². The van der Waals surface area contributed by atoms with Gasteiger partial charge in [0.25, 0.3) is 0 Å². The fourth-order valence-electron chi connectivity index (χ4n) is 1.79. The zero-order chi connectivity index (χ0) is 14.5. The fraction of sp³-hybridized carbons (Fsp3) is 0.286. The molecule has 1 heterocycles. The van der Waals surface area contributed by atoms with Gasteiger partial charge >= 0.3 is 6.03 Å². The van der Waals surface area contributed by atoms with Gasteiger partial charge in [-0.15, -0.1) is 0 Å². The van der Waals surface area contributed by atoms with Gasteiger partial charge in [0, 0.05) is 29.8 Å². The van der Waals surface area contributed by atoms with E-state index in [9.17, 15) is 4.79 Å². The number of urea groups is 1. The average molecular weight is 337 g/mol.